The molecular formula is C13H14INO2. The summed E-state index contributed by atoms with van der Waals surface area (Å²) in [5.74, 6) is 0.153. The minimum absolute atomic E-state index is 0.0135. The number of halogens is 1. The molecule has 0 fully saturated rings. The molecule has 4 heteroatoms. The number of phenols is 1. The Morgan fingerprint density at radius 1 is 1.47 bits per heavy atom. The topological polar surface area (TPSA) is 40.5 Å². The van der Waals surface area contributed by atoms with Crippen molar-refractivity contribution in [3.63, 3.8) is 0 Å². The minimum Gasteiger partial charge on any atom is -0.507 e. The molecule has 1 aliphatic heterocycles. The Bertz CT molecular complexity index is 482. The van der Waals surface area contributed by atoms with E-state index in [2.05, 4.69) is 13.0 Å². The van der Waals surface area contributed by atoms with Crippen molar-refractivity contribution in [2.45, 2.75) is 13.3 Å². The smallest absolute Gasteiger partial charge is 0.254 e. The van der Waals surface area contributed by atoms with Gasteiger partial charge in [0, 0.05) is 18.7 Å². The third-order valence-electron chi connectivity index (χ3n) is 2.92. The van der Waals surface area contributed by atoms with E-state index in [1.165, 1.54) is 11.6 Å². The lowest BCUT2D eigenvalue weighted by atomic mass is 10.1. The molecule has 1 amide bonds. The van der Waals surface area contributed by atoms with E-state index in [0.29, 0.717) is 12.1 Å². The average molecular weight is 343 g/mol. The van der Waals surface area contributed by atoms with E-state index in [1.807, 2.05) is 22.6 Å². The highest BCUT2D eigenvalue weighted by Crippen LogP contribution is 2.22. The van der Waals surface area contributed by atoms with Crippen LogP contribution in [0.25, 0.3) is 0 Å². The summed E-state index contributed by atoms with van der Waals surface area (Å²) < 4.78 is 0.758. The standard InChI is InChI=1S/C13H14INO2/c1-9-4-6-15(7-5-9)13(17)10-2-3-11(14)12(16)8-10/h2-4,8,16H,5-7H2,1H3. The van der Waals surface area contributed by atoms with Crippen LogP contribution >= 0.6 is 22.6 Å². The fourth-order valence-corrected chi connectivity index (χ4v) is 2.12. The number of nitrogens with zero attached hydrogens (tertiary/aromatic N) is 1. The van der Waals surface area contributed by atoms with E-state index in [9.17, 15) is 9.90 Å². The van der Waals surface area contributed by atoms with Crippen molar-refractivity contribution in [2.75, 3.05) is 13.1 Å². The molecule has 0 aliphatic carbocycles. The molecule has 1 aromatic carbocycles. The van der Waals surface area contributed by atoms with Crippen LogP contribution < -0.4 is 0 Å². The summed E-state index contributed by atoms with van der Waals surface area (Å²) >= 11 is 2.04. The van der Waals surface area contributed by atoms with Crippen LogP contribution in [-0.4, -0.2) is 29.0 Å². The van der Waals surface area contributed by atoms with E-state index < -0.39 is 0 Å². The molecule has 1 N–H and O–H groups in total. The highest BCUT2D eigenvalue weighted by molar-refractivity contribution is 14.1. The third-order valence-corrected chi connectivity index (χ3v) is 3.83. The van der Waals surface area contributed by atoms with E-state index in [4.69, 9.17) is 0 Å². The van der Waals surface area contributed by atoms with Crippen molar-refractivity contribution < 1.29 is 9.90 Å². The summed E-state index contributed by atoms with van der Waals surface area (Å²) in [7, 11) is 0. The number of hydrogen-bond donors (Lipinski definition) is 1. The maximum atomic E-state index is 12.2. The highest BCUT2D eigenvalue weighted by Gasteiger charge is 2.18. The normalized spacial score (nSPS) is 15.6. The van der Waals surface area contributed by atoms with E-state index in [0.717, 1.165) is 16.5 Å². The van der Waals surface area contributed by atoms with E-state index in [1.54, 1.807) is 17.0 Å². The molecular weight excluding hydrogens is 329 g/mol. The Morgan fingerprint density at radius 3 is 2.82 bits per heavy atom. The maximum absolute atomic E-state index is 12.2. The van der Waals surface area contributed by atoms with Gasteiger partial charge in [0.25, 0.3) is 5.91 Å². The molecule has 0 aromatic heterocycles. The third kappa shape index (κ3) is 2.80. The van der Waals surface area contributed by atoms with Crippen LogP contribution in [-0.2, 0) is 0 Å². The molecule has 0 atom stereocenters. The Hall–Kier alpha value is -1.04. The SMILES string of the molecule is CC1=CCN(C(=O)c2ccc(I)c(O)c2)CC1. The summed E-state index contributed by atoms with van der Waals surface area (Å²) in [5.41, 5.74) is 1.88. The average Bonchev–Trinajstić information content (AvgIpc) is 2.33. The Balaban J connectivity index is 2.17. The molecule has 0 unspecified atom stereocenters. The molecule has 1 heterocycles. The van der Waals surface area contributed by atoms with E-state index >= 15 is 0 Å². The predicted octanol–water partition coefficient (Wildman–Crippen LogP) is 2.79. The van der Waals surface area contributed by atoms with Gasteiger partial charge in [-0.25, -0.2) is 0 Å². The van der Waals surface area contributed by atoms with Gasteiger partial charge >= 0.3 is 0 Å². The second-order valence-electron chi connectivity index (χ2n) is 4.22. The zero-order valence-electron chi connectivity index (χ0n) is 9.61. The molecule has 1 aromatic rings. The number of aromatic hydroxyl groups is 1. The van der Waals surface area contributed by atoms with Crippen molar-refractivity contribution in [1.82, 2.24) is 4.90 Å². The minimum atomic E-state index is -0.0135. The molecule has 17 heavy (non-hydrogen) atoms. The summed E-state index contributed by atoms with van der Waals surface area (Å²) in [4.78, 5) is 14.0. The highest BCUT2D eigenvalue weighted by atomic mass is 127. The molecule has 0 radical (unpaired) electrons. The predicted molar refractivity (Wildman–Crippen MR) is 75.1 cm³/mol. The van der Waals surface area contributed by atoms with Gasteiger partial charge in [-0.05, 0) is 54.1 Å². The molecule has 0 spiro atoms. The van der Waals surface area contributed by atoms with Gasteiger partial charge in [-0.1, -0.05) is 11.6 Å². The summed E-state index contributed by atoms with van der Waals surface area (Å²) in [5, 5.41) is 9.60. The first-order valence-electron chi connectivity index (χ1n) is 5.51. The zero-order chi connectivity index (χ0) is 12.4. The van der Waals surface area contributed by atoms with Crippen molar-refractivity contribution >= 4 is 28.5 Å². The quantitative estimate of drug-likeness (QED) is 0.629. The number of carbonyl (C=O) groups excluding carboxylic acids is 1. The Kier molecular flexibility index (Phi) is 3.71. The van der Waals surface area contributed by atoms with Gasteiger partial charge in [-0.2, -0.15) is 0 Å². The lowest BCUT2D eigenvalue weighted by Gasteiger charge is -2.25. The maximum Gasteiger partial charge on any atom is 0.254 e. The fourth-order valence-electron chi connectivity index (χ4n) is 1.78. The zero-order valence-corrected chi connectivity index (χ0v) is 11.8. The van der Waals surface area contributed by atoms with Crippen molar-refractivity contribution in [3.05, 3.63) is 39.0 Å². The monoisotopic (exact) mass is 343 g/mol. The lowest BCUT2D eigenvalue weighted by Crippen LogP contribution is -2.34. The molecule has 0 saturated heterocycles. The van der Waals surface area contributed by atoms with Crippen molar-refractivity contribution in [2.24, 2.45) is 0 Å². The second kappa shape index (κ2) is 5.08. The van der Waals surface area contributed by atoms with E-state index in [-0.39, 0.29) is 11.7 Å². The van der Waals surface area contributed by atoms with Crippen LogP contribution in [0.2, 0.25) is 0 Å². The van der Waals surface area contributed by atoms with Crippen LogP contribution in [0, 0.1) is 3.57 Å². The largest absolute Gasteiger partial charge is 0.507 e. The Morgan fingerprint density at radius 2 is 2.24 bits per heavy atom. The van der Waals surface area contributed by atoms with Crippen LogP contribution in [0.1, 0.15) is 23.7 Å². The van der Waals surface area contributed by atoms with Crippen LogP contribution in [0.3, 0.4) is 0 Å². The van der Waals surface area contributed by atoms with Crippen LogP contribution in [0.15, 0.2) is 29.8 Å². The first-order valence-corrected chi connectivity index (χ1v) is 6.59. The van der Waals surface area contributed by atoms with Gasteiger partial charge in [0.1, 0.15) is 5.75 Å². The summed E-state index contributed by atoms with van der Waals surface area (Å²) in [6.45, 7) is 3.50. The lowest BCUT2D eigenvalue weighted by molar-refractivity contribution is 0.0768. The first kappa shape index (κ1) is 12.4. The fraction of sp³-hybridized carbons (Fsp3) is 0.308. The molecule has 3 nitrogen and oxygen atoms in total. The number of amides is 1. The summed E-state index contributed by atoms with van der Waals surface area (Å²) in [6, 6.07) is 5.05. The molecule has 1 aliphatic rings. The van der Waals surface area contributed by atoms with Gasteiger partial charge < -0.3 is 10.0 Å². The number of carbonyl (C=O) groups is 1. The number of benzene rings is 1. The van der Waals surface area contributed by atoms with Crippen LogP contribution in [0.5, 0.6) is 5.75 Å². The second-order valence-corrected chi connectivity index (χ2v) is 5.38. The van der Waals surface area contributed by atoms with Gasteiger partial charge in [-0.3, -0.25) is 4.79 Å². The van der Waals surface area contributed by atoms with Gasteiger partial charge in [0.15, 0.2) is 0 Å². The molecule has 2 rings (SSSR count). The number of hydrogen-bond acceptors (Lipinski definition) is 2. The number of rotatable bonds is 1. The van der Waals surface area contributed by atoms with Gasteiger partial charge in [0.2, 0.25) is 0 Å². The summed E-state index contributed by atoms with van der Waals surface area (Å²) in [6.07, 6.45) is 3.01. The molecule has 0 saturated carbocycles. The number of phenolic OH excluding ortho intramolecular Hbond substituents is 1. The van der Waals surface area contributed by atoms with Crippen LogP contribution in [0.4, 0.5) is 0 Å². The van der Waals surface area contributed by atoms with Gasteiger partial charge in [0.05, 0.1) is 3.57 Å². The van der Waals surface area contributed by atoms with Gasteiger partial charge in [-0.15, -0.1) is 0 Å². The van der Waals surface area contributed by atoms with Crippen molar-refractivity contribution in [1.29, 1.82) is 0 Å². The molecule has 0 bridgehead atoms. The molecule has 90 valence electrons. The Labute approximate surface area is 114 Å². The van der Waals surface area contributed by atoms with Crippen molar-refractivity contribution in [3.8, 4) is 5.75 Å². The first-order chi connectivity index (χ1) is 8.08.